The third-order valence-electron chi connectivity index (χ3n) is 2.69. The standard InChI is InChI=1S/C13H17NO2/c1-9-3-4-12-10(7-9)8-13(16-12)11(14)5-6-15-2/h3-4,7-8,11H,5-6,14H2,1-2H3. The number of rotatable bonds is 4. The molecule has 0 aliphatic rings. The molecule has 86 valence electrons. The Balaban J connectivity index is 2.25. The van der Waals surface area contributed by atoms with Gasteiger partial charge >= 0.3 is 0 Å². The molecule has 0 spiro atoms. The van der Waals surface area contributed by atoms with E-state index in [-0.39, 0.29) is 6.04 Å². The fourth-order valence-corrected chi connectivity index (χ4v) is 1.75. The first kappa shape index (κ1) is 11.2. The minimum absolute atomic E-state index is 0.0901. The largest absolute Gasteiger partial charge is 0.459 e. The zero-order chi connectivity index (χ0) is 11.5. The second kappa shape index (κ2) is 4.68. The van der Waals surface area contributed by atoms with Crippen LogP contribution in [0.2, 0.25) is 0 Å². The zero-order valence-corrected chi connectivity index (χ0v) is 9.69. The summed E-state index contributed by atoms with van der Waals surface area (Å²) in [4.78, 5) is 0. The molecule has 1 aromatic heterocycles. The average molecular weight is 219 g/mol. The molecule has 2 N–H and O–H groups in total. The predicted octanol–water partition coefficient (Wildman–Crippen LogP) is 2.78. The van der Waals surface area contributed by atoms with E-state index in [1.54, 1.807) is 7.11 Å². The van der Waals surface area contributed by atoms with Crippen molar-refractivity contribution >= 4 is 11.0 Å². The number of fused-ring (bicyclic) bond motifs is 1. The molecule has 0 amide bonds. The summed E-state index contributed by atoms with van der Waals surface area (Å²) in [7, 11) is 1.68. The molecular weight excluding hydrogens is 202 g/mol. The monoisotopic (exact) mass is 219 g/mol. The third-order valence-corrected chi connectivity index (χ3v) is 2.69. The van der Waals surface area contributed by atoms with Crippen molar-refractivity contribution in [2.75, 3.05) is 13.7 Å². The zero-order valence-electron chi connectivity index (χ0n) is 9.69. The molecule has 3 nitrogen and oxygen atoms in total. The van der Waals surface area contributed by atoms with Crippen molar-refractivity contribution in [3.8, 4) is 0 Å². The summed E-state index contributed by atoms with van der Waals surface area (Å²) in [6.07, 6.45) is 0.773. The molecule has 1 unspecified atom stereocenters. The van der Waals surface area contributed by atoms with Crippen LogP contribution in [-0.4, -0.2) is 13.7 Å². The lowest BCUT2D eigenvalue weighted by molar-refractivity contribution is 0.185. The average Bonchev–Trinajstić information content (AvgIpc) is 2.68. The Morgan fingerprint density at radius 1 is 1.38 bits per heavy atom. The number of hydrogen-bond acceptors (Lipinski definition) is 3. The van der Waals surface area contributed by atoms with Crippen LogP contribution in [0.4, 0.5) is 0 Å². The number of furan rings is 1. The topological polar surface area (TPSA) is 48.4 Å². The fourth-order valence-electron chi connectivity index (χ4n) is 1.75. The number of nitrogens with two attached hydrogens (primary N) is 1. The second-order valence-corrected chi connectivity index (χ2v) is 4.08. The normalized spacial score (nSPS) is 13.2. The van der Waals surface area contributed by atoms with Crippen LogP contribution in [0.1, 0.15) is 23.8 Å². The van der Waals surface area contributed by atoms with Gasteiger partial charge in [0.15, 0.2) is 0 Å². The first-order valence-corrected chi connectivity index (χ1v) is 5.45. The lowest BCUT2D eigenvalue weighted by Crippen LogP contribution is -2.11. The Bertz CT molecular complexity index is 476. The molecule has 0 aliphatic carbocycles. The molecule has 3 heteroatoms. The Labute approximate surface area is 95.2 Å². The van der Waals surface area contributed by atoms with Gasteiger partial charge in [0, 0.05) is 19.1 Å². The molecular formula is C13H17NO2. The number of aryl methyl sites for hydroxylation is 1. The van der Waals surface area contributed by atoms with Gasteiger partial charge in [0.1, 0.15) is 11.3 Å². The summed E-state index contributed by atoms with van der Waals surface area (Å²) in [6, 6.07) is 8.05. The third kappa shape index (κ3) is 2.26. The van der Waals surface area contributed by atoms with Crippen LogP contribution in [0.3, 0.4) is 0 Å². The number of benzene rings is 1. The summed E-state index contributed by atoms with van der Waals surface area (Å²) >= 11 is 0. The summed E-state index contributed by atoms with van der Waals surface area (Å²) in [5.74, 6) is 0.831. The van der Waals surface area contributed by atoms with Gasteiger partial charge in [-0.2, -0.15) is 0 Å². The van der Waals surface area contributed by atoms with Crippen LogP contribution < -0.4 is 5.73 Å². The van der Waals surface area contributed by atoms with Crippen LogP contribution >= 0.6 is 0 Å². The van der Waals surface area contributed by atoms with E-state index >= 15 is 0 Å². The van der Waals surface area contributed by atoms with Crippen LogP contribution in [0.15, 0.2) is 28.7 Å². The molecule has 1 atom stereocenters. The van der Waals surface area contributed by atoms with Crippen LogP contribution in [-0.2, 0) is 4.74 Å². The van der Waals surface area contributed by atoms with Crippen molar-refractivity contribution in [1.82, 2.24) is 0 Å². The molecule has 0 bridgehead atoms. The maximum Gasteiger partial charge on any atom is 0.134 e. The summed E-state index contributed by atoms with van der Waals surface area (Å²) < 4.78 is 10.7. The number of methoxy groups -OCH3 is 1. The van der Waals surface area contributed by atoms with Gasteiger partial charge in [-0.05, 0) is 31.5 Å². The first-order valence-electron chi connectivity index (χ1n) is 5.45. The lowest BCUT2D eigenvalue weighted by Gasteiger charge is -2.06. The van der Waals surface area contributed by atoms with Crippen LogP contribution in [0.25, 0.3) is 11.0 Å². The van der Waals surface area contributed by atoms with E-state index in [4.69, 9.17) is 14.9 Å². The van der Waals surface area contributed by atoms with E-state index in [9.17, 15) is 0 Å². The highest BCUT2D eigenvalue weighted by Crippen LogP contribution is 2.25. The van der Waals surface area contributed by atoms with Gasteiger partial charge in [-0.3, -0.25) is 0 Å². The number of hydrogen-bond donors (Lipinski definition) is 1. The van der Waals surface area contributed by atoms with E-state index < -0.39 is 0 Å². The van der Waals surface area contributed by atoms with Crippen molar-refractivity contribution in [2.45, 2.75) is 19.4 Å². The highest BCUT2D eigenvalue weighted by atomic mass is 16.5. The van der Waals surface area contributed by atoms with Crippen LogP contribution in [0.5, 0.6) is 0 Å². The molecule has 0 saturated heterocycles. The van der Waals surface area contributed by atoms with Crippen molar-refractivity contribution in [3.05, 3.63) is 35.6 Å². The fraction of sp³-hybridized carbons (Fsp3) is 0.385. The maximum atomic E-state index is 6.01. The highest BCUT2D eigenvalue weighted by Gasteiger charge is 2.11. The van der Waals surface area contributed by atoms with Gasteiger partial charge in [0.2, 0.25) is 0 Å². The Kier molecular flexibility index (Phi) is 3.27. The highest BCUT2D eigenvalue weighted by molar-refractivity contribution is 5.78. The summed E-state index contributed by atoms with van der Waals surface area (Å²) in [6.45, 7) is 2.72. The smallest absolute Gasteiger partial charge is 0.134 e. The van der Waals surface area contributed by atoms with Crippen molar-refractivity contribution in [3.63, 3.8) is 0 Å². The number of ether oxygens (including phenoxy) is 1. The van der Waals surface area contributed by atoms with Crippen molar-refractivity contribution < 1.29 is 9.15 Å². The Morgan fingerprint density at radius 3 is 2.94 bits per heavy atom. The summed E-state index contributed by atoms with van der Waals surface area (Å²) in [5, 5.41) is 1.11. The summed E-state index contributed by atoms with van der Waals surface area (Å²) in [5.41, 5.74) is 8.13. The Hall–Kier alpha value is -1.32. The molecule has 1 heterocycles. The maximum absolute atomic E-state index is 6.01. The van der Waals surface area contributed by atoms with Gasteiger partial charge < -0.3 is 14.9 Å². The van der Waals surface area contributed by atoms with Crippen molar-refractivity contribution in [1.29, 1.82) is 0 Å². The van der Waals surface area contributed by atoms with E-state index in [1.165, 1.54) is 5.56 Å². The van der Waals surface area contributed by atoms with E-state index in [0.717, 1.165) is 23.2 Å². The molecule has 0 saturated carbocycles. The first-order chi connectivity index (χ1) is 7.70. The molecule has 0 radical (unpaired) electrons. The molecule has 0 fully saturated rings. The Morgan fingerprint density at radius 2 is 2.19 bits per heavy atom. The second-order valence-electron chi connectivity index (χ2n) is 4.08. The quantitative estimate of drug-likeness (QED) is 0.860. The van der Waals surface area contributed by atoms with E-state index in [2.05, 4.69) is 13.0 Å². The molecule has 16 heavy (non-hydrogen) atoms. The minimum atomic E-state index is -0.0901. The van der Waals surface area contributed by atoms with Gasteiger partial charge in [-0.15, -0.1) is 0 Å². The minimum Gasteiger partial charge on any atom is -0.459 e. The van der Waals surface area contributed by atoms with Crippen LogP contribution in [0, 0.1) is 6.92 Å². The van der Waals surface area contributed by atoms with Gasteiger partial charge in [0.05, 0.1) is 6.04 Å². The van der Waals surface area contributed by atoms with E-state index in [0.29, 0.717) is 6.61 Å². The molecule has 2 rings (SSSR count). The lowest BCUT2D eigenvalue weighted by atomic mass is 10.1. The predicted molar refractivity (Wildman–Crippen MR) is 64.4 cm³/mol. The SMILES string of the molecule is COCCC(N)c1cc2cc(C)ccc2o1. The molecule has 1 aromatic carbocycles. The van der Waals surface area contributed by atoms with Crippen molar-refractivity contribution in [2.24, 2.45) is 5.73 Å². The molecule has 0 aliphatic heterocycles. The van der Waals surface area contributed by atoms with Gasteiger partial charge in [-0.1, -0.05) is 11.6 Å². The van der Waals surface area contributed by atoms with Gasteiger partial charge in [-0.25, -0.2) is 0 Å². The van der Waals surface area contributed by atoms with Gasteiger partial charge in [0.25, 0.3) is 0 Å². The van der Waals surface area contributed by atoms with E-state index in [1.807, 2.05) is 18.2 Å². The molecule has 2 aromatic rings.